The third-order valence-corrected chi connectivity index (χ3v) is 5.54. The van der Waals surface area contributed by atoms with E-state index in [4.69, 9.17) is 27.9 Å². The maximum atomic E-state index is 12.5. The number of hydrogen-bond donors (Lipinski definition) is 2. The van der Waals surface area contributed by atoms with Gasteiger partial charge in [-0.15, -0.1) is 11.3 Å². The van der Waals surface area contributed by atoms with Crippen molar-refractivity contribution in [2.45, 2.75) is 6.42 Å². The third kappa shape index (κ3) is 4.11. The lowest BCUT2D eigenvalue weighted by Gasteiger charge is -2.18. The Hall–Kier alpha value is -2.61. The molecule has 2 N–H and O–H groups in total. The maximum absolute atomic E-state index is 12.5. The number of rotatable bonds is 4. The largest absolute Gasteiger partial charge is 0.482 e. The first-order chi connectivity index (χ1) is 13.5. The van der Waals surface area contributed by atoms with E-state index in [0.717, 1.165) is 10.4 Å². The predicted octanol–water partition coefficient (Wildman–Crippen LogP) is 4.62. The second-order valence-corrected chi connectivity index (χ2v) is 8.00. The van der Waals surface area contributed by atoms with Crippen molar-refractivity contribution in [2.75, 3.05) is 17.2 Å². The number of ether oxygens (including phenoxy) is 1. The second-order valence-electron chi connectivity index (χ2n) is 6.05. The van der Waals surface area contributed by atoms with E-state index in [1.54, 1.807) is 36.5 Å². The molecule has 1 aliphatic heterocycles. The molecule has 0 bridgehead atoms. The number of anilines is 2. The minimum atomic E-state index is -0.315. The van der Waals surface area contributed by atoms with E-state index < -0.39 is 0 Å². The average Bonchev–Trinajstić information content (AvgIpc) is 3.11. The first-order valence-corrected chi connectivity index (χ1v) is 9.82. The van der Waals surface area contributed by atoms with Crippen LogP contribution in [0.2, 0.25) is 10.0 Å². The quantitative estimate of drug-likeness (QED) is 0.628. The van der Waals surface area contributed by atoms with Gasteiger partial charge in [-0.3, -0.25) is 14.9 Å². The molecule has 3 aromatic rings. The van der Waals surface area contributed by atoms with Crippen LogP contribution in [0, 0.1) is 0 Å². The van der Waals surface area contributed by atoms with Gasteiger partial charge >= 0.3 is 0 Å². The average molecular weight is 434 g/mol. The number of nitrogens with one attached hydrogen (secondary N) is 2. The second kappa shape index (κ2) is 7.79. The van der Waals surface area contributed by atoms with Crippen LogP contribution < -0.4 is 15.4 Å². The van der Waals surface area contributed by atoms with Crippen LogP contribution in [0.3, 0.4) is 0 Å². The maximum Gasteiger partial charge on any atom is 0.262 e. The summed E-state index contributed by atoms with van der Waals surface area (Å²) >= 11 is 13.6. The summed E-state index contributed by atoms with van der Waals surface area (Å²) in [6.07, 6.45) is 2.27. The lowest BCUT2D eigenvalue weighted by atomic mass is 10.1. The Labute approximate surface area is 174 Å². The normalized spacial score (nSPS) is 12.7. The topological polar surface area (TPSA) is 80.3 Å². The molecular weight excluding hydrogens is 421 g/mol. The van der Waals surface area contributed by atoms with Gasteiger partial charge in [0.25, 0.3) is 11.8 Å². The van der Waals surface area contributed by atoms with Crippen molar-refractivity contribution in [3.05, 3.63) is 68.6 Å². The zero-order chi connectivity index (χ0) is 19.7. The molecule has 2 heterocycles. The number of aromatic nitrogens is 1. The number of nitrogens with zero attached hydrogens (tertiary/aromatic N) is 1. The van der Waals surface area contributed by atoms with Crippen LogP contribution in [0.4, 0.5) is 10.8 Å². The lowest BCUT2D eigenvalue weighted by molar-refractivity contribution is -0.118. The van der Waals surface area contributed by atoms with E-state index in [1.807, 2.05) is 6.07 Å². The molecule has 2 aromatic carbocycles. The summed E-state index contributed by atoms with van der Waals surface area (Å²) in [7, 11) is 0. The number of amides is 2. The standard InChI is InChI=1S/C19H13Cl2N3O3S/c20-12-2-3-14(21)11(5-12)6-13-8-22-19(28-13)24-18(26)10-1-4-15-16(7-10)27-9-17(25)23-15/h1-5,7-8H,6,9H2,(H,23,25)(H,22,24,26). The van der Waals surface area contributed by atoms with Gasteiger partial charge in [0.05, 0.1) is 5.69 Å². The van der Waals surface area contributed by atoms with Crippen molar-refractivity contribution >= 4 is 57.2 Å². The SMILES string of the molecule is O=C1COc2cc(C(=O)Nc3ncc(Cc4cc(Cl)ccc4Cl)s3)ccc2N1. The predicted molar refractivity (Wildman–Crippen MR) is 110 cm³/mol. The van der Waals surface area contributed by atoms with Crippen LogP contribution in [0.1, 0.15) is 20.8 Å². The molecule has 0 radical (unpaired) electrons. The third-order valence-electron chi connectivity index (χ3n) is 4.02. The number of hydrogen-bond acceptors (Lipinski definition) is 5. The summed E-state index contributed by atoms with van der Waals surface area (Å²) < 4.78 is 5.34. The number of benzene rings is 2. The van der Waals surface area contributed by atoms with Gasteiger partial charge in [-0.1, -0.05) is 23.2 Å². The first kappa shape index (κ1) is 18.7. The Morgan fingerprint density at radius 1 is 1.25 bits per heavy atom. The molecule has 1 aliphatic rings. The minimum Gasteiger partial charge on any atom is -0.482 e. The van der Waals surface area contributed by atoms with Crippen molar-refractivity contribution < 1.29 is 14.3 Å². The van der Waals surface area contributed by atoms with Crippen LogP contribution in [0.5, 0.6) is 5.75 Å². The van der Waals surface area contributed by atoms with Gasteiger partial charge < -0.3 is 10.1 Å². The van der Waals surface area contributed by atoms with Crippen molar-refractivity contribution in [2.24, 2.45) is 0 Å². The summed E-state index contributed by atoms with van der Waals surface area (Å²) in [5.74, 6) is -0.0764. The summed E-state index contributed by atoms with van der Waals surface area (Å²) in [4.78, 5) is 29.0. The summed E-state index contributed by atoms with van der Waals surface area (Å²) in [6, 6.07) is 10.1. The molecule has 0 fully saturated rings. The number of carbonyl (C=O) groups excluding carboxylic acids is 2. The van der Waals surface area contributed by atoms with E-state index in [1.165, 1.54) is 11.3 Å². The number of halogens is 2. The molecule has 1 aromatic heterocycles. The molecular formula is C19H13Cl2N3O3S. The number of carbonyl (C=O) groups is 2. The van der Waals surface area contributed by atoms with E-state index in [-0.39, 0.29) is 18.4 Å². The molecule has 9 heteroatoms. The van der Waals surface area contributed by atoms with Crippen molar-refractivity contribution in [3.63, 3.8) is 0 Å². The van der Waals surface area contributed by atoms with Crippen LogP contribution in [-0.2, 0) is 11.2 Å². The van der Waals surface area contributed by atoms with Crippen molar-refractivity contribution in [3.8, 4) is 5.75 Å². The Morgan fingerprint density at radius 2 is 2.11 bits per heavy atom. The van der Waals surface area contributed by atoms with Gasteiger partial charge in [-0.05, 0) is 42.0 Å². The van der Waals surface area contributed by atoms with E-state index in [0.29, 0.717) is 38.6 Å². The van der Waals surface area contributed by atoms with Gasteiger partial charge in [-0.25, -0.2) is 4.98 Å². The van der Waals surface area contributed by atoms with Crippen molar-refractivity contribution in [1.29, 1.82) is 0 Å². The highest BCUT2D eigenvalue weighted by Crippen LogP contribution is 2.30. The highest BCUT2D eigenvalue weighted by Gasteiger charge is 2.18. The van der Waals surface area contributed by atoms with E-state index in [2.05, 4.69) is 15.6 Å². The Balaban J connectivity index is 1.46. The van der Waals surface area contributed by atoms with Crippen LogP contribution in [0.25, 0.3) is 0 Å². The molecule has 0 aliphatic carbocycles. The summed E-state index contributed by atoms with van der Waals surface area (Å²) in [5.41, 5.74) is 1.84. The monoisotopic (exact) mass is 433 g/mol. The zero-order valence-corrected chi connectivity index (χ0v) is 16.6. The fourth-order valence-electron chi connectivity index (χ4n) is 2.70. The van der Waals surface area contributed by atoms with E-state index in [9.17, 15) is 9.59 Å². The first-order valence-electron chi connectivity index (χ1n) is 8.24. The minimum absolute atomic E-state index is 0.0695. The number of fused-ring (bicyclic) bond motifs is 1. The molecule has 0 atom stereocenters. The molecule has 0 unspecified atom stereocenters. The molecule has 0 saturated carbocycles. The summed E-state index contributed by atoms with van der Waals surface area (Å²) in [6.45, 7) is -0.0695. The van der Waals surface area contributed by atoms with Gasteiger partial charge in [0.15, 0.2) is 11.7 Å². The fourth-order valence-corrected chi connectivity index (χ4v) is 3.91. The van der Waals surface area contributed by atoms with Gasteiger partial charge in [0.2, 0.25) is 0 Å². The fraction of sp³-hybridized carbons (Fsp3) is 0.105. The van der Waals surface area contributed by atoms with Gasteiger partial charge in [-0.2, -0.15) is 0 Å². The van der Waals surface area contributed by atoms with Gasteiger partial charge in [0, 0.05) is 33.1 Å². The molecule has 142 valence electrons. The summed E-state index contributed by atoms with van der Waals surface area (Å²) in [5, 5.41) is 7.18. The van der Waals surface area contributed by atoms with Crippen LogP contribution >= 0.6 is 34.5 Å². The Morgan fingerprint density at radius 3 is 2.96 bits per heavy atom. The van der Waals surface area contributed by atoms with E-state index >= 15 is 0 Å². The Bertz CT molecular complexity index is 1080. The molecule has 0 saturated heterocycles. The van der Waals surface area contributed by atoms with Crippen LogP contribution in [-0.4, -0.2) is 23.4 Å². The molecule has 28 heavy (non-hydrogen) atoms. The highest BCUT2D eigenvalue weighted by atomic mass is 35.5. The molecule has 2 amide bonds. The smallest absolute Gasteiger partial charge is 0.262 e. The Kier molecular flexibility index (Phi) is 5.21. The van der Waals surface area contributed by atoms with Gasteiger partial charge in [0.1, 0.15) is 5.75 Å². The molecule has 6 nitrogen and oxygen atoms in total. The van der Waals surface area contributed by atoms with Crippen molar-refractivity contribution in [1.82, 2.24) is 4.98 Å². The molecule has 0 spiro atoms. The number of thiazole rings is 1. The van der Waals surface area contributed by atoms with Crippen LogP contribution in [0.15, 0.2) is 42.6 Å². The zero-order valence-electron chi connectivity index (χ0n) is 14.3. The molecule has 4 rings (SSSR count). The highest BCUT2D eigenvalue weighted by molar-refractivity contribution is 7.15. The lowest BCUT2D eigenvalue weighted by Crippen LogP contribution is -2.25.